The molecule has 0 aliphatic carbocycles. The maximum atomic E-state index is 13.5. The maximum Gasteiger partial charge on any atom is 0.259 e. The number of hydrogen-bond acceptors (Lipinski definition) is 4. The molecule has 0 bridgehead atoms. The summed E-state index contributed by atoms with van der Waals surface area (Å²) in [5, 5.41) is 18.1. The van der Waals surface area contributed by atoms with Gasteiger partial charge in [0.1, 0.15) is 0 Å². The monoisotopic (exact) mass is 454 g/mol. The fraction of sp³-hybridized carbons (Fsp3) is 0.333. The molecule has 7 heteroatoms. The smallest absolute Gasteiger partial charge is 0.259 e. The van der Waals surface area contributed by atoms with Crippen LogP contribution in [0.25, 0.3) is 10.1 Å². The van der Waals surface area contributed by atoms with E-state index in [0.717, 1.165) is 19.3 Å². The van der Waals surface area contributed by atoms with Gasteiger partial charge in [-0.1, -0.05) is 29.8 Å². The van der Waals surface area contributed by atoms with E-state index in [9.17, 15) is 14.7 Å². The van der Waals surface area contributed by atoms with Gasteiger partial charge in [-0.3, -0.25) is 9.59 Å². The van der Waals surface area contributed by atoms with E-state index in [1.165, 1.54) is 15.6 Å². The van der Waals surface area contributed by atoms with Gasteiger partial charge in [-0.15, -0.1) is 11.3 Å². The zero-order valence-electron chi connectivity index (χ0n) is 16.9. The van der Waals surface area contributed by atoms with Crippen molar-refractivity contribution in [2.75, 3.05) is 18.4 Å². The van der Waals surface area contributed by atoms with E-state index in [2.05, 4.69) is 35.0 Å². The predicted molar refractivity (Wildman–Crippen MR) is 123 cm³/mol. The number of hydrogen-bond donors (Lipinski definition) is 2. The van der Waals surface area contributed by atoms with Crippen LogP contribution in [0.15, 0.2) is 47.8 Å². The Morgan fingerprint density at radius 1 is 1.29 bits per heavy atom. The van der Waals surface area contributed by atoms with E-state index < -0.39 is 11.5 Å². The quantitative estimate of drug-likeness (QED) is 0.609. The minimum absolute atomic E-state index is 0.296. The number of carbonyl (C=O) groups excluding carboxylic acids is 2. The second-order valence-corrected chi connectivity index (χ2v) is 9.84. The highest BCUT2D eigenvalue weighted by molar-refractivity contribution is 7.17. The van der Waals surface area contributed by atoms with Crippen LogP contribution in [-0.2, 0) is 21.6 Å². The molecule has 31 heavy (non-hydrogen) atoms. The lowest BCUT2D eigenvalue weighted by Gasteiger charge is -2.40. The number of rotatable bonds is 3. The normalized spacial score (nSPS) is 23.5. The minimum atomic E-state index is -1.89. The van der Waals surface area contributed by atoms with Crippen LogP contribution in [0, 0.1) is 5.92 Å². The van der Waals surface area contributed by atoms with Gasteiger partial charge in [-0.05, 0) is 65.8 Å². The average Bonchev–Trinajstić information content (AvgIpc) is 3.17. The molecule has 1 aromatic heterocycles. The molecule has 0 radical (unpaired) electrons. The third-order valence-corrected chi connectivity index (χ3v) is 7.59. The number of benzene rings is 2. The number of piperidine rings is 1. The summed E-state index contributed by atoms with van der Waals surface area (Å²) in [5.74, 6) is -0.467. The number of thiophene rings is 1. The van der Waals surface area contributed by atoms with E-state index in [0.29, 0.717) is 35.3 Å². The fourth-order valence-electron chi connectivity index (χ4n) is 4.86. The number of halogens is 1. The van der Waals surface area contributed by atoms with Crippen molar-refractivity contribution in [2.24, 2.45) is 5.92 Å². The first-order chi connectivity index (χ1) is 14.9. The third kappa shape index (κ3) is 3.73. The molecule has 5 rings (SSSR count). The molecule has 3 aromatic rings. The lowest BCUT2D eigenvalue weighted by molar-refractivity contribution is -0.158. The summed E-state index contributed by atoms with van der Waals surface area (Å²) in [7, 11) is 0. The van der Waals surface area contributed by atoms with Crippen molar-refractivity contribution in [3.63, 3.8) is 0 Å². The maximum absolute atomic E-state index is 13.5. The van der Waals surface area contributed by atoms with E-state index in [1.807, 2.05) is 0 Å². The number of nitrogens with zero attached hydrogens (tertiary/aromatic N) is 1. The van der Waals surface area contributed by atoms with Crippen LogP contribution >= 0.6 is 22.9 Å². The highest BCUT2D eigenvalue weighted by Gasteiger charge is 2.47. The highest BCUT2D eigenvalue weighted by atomic mass is 35.5. The SMILES string of the molecule is O=C1CC(O)(C(=O)N2CCCC(Cc3csc4ccccc34)C2)c2cc(Cl)ccc2N1. The van der Waals surface area contributed by atoms with E-state index in [1.54, 1.807) is 34.4 Å². The Balaban J connectivity index is 1.38. The summed E-state index contributed by atoms with van der Waals surface area (Å²) >= 11 is 7.88. The number of anilines is 1. The molecule has 1 fully saturated rings. The van der Waals surface area contributed by atoms with Gasteiger partial charge < -0.3 is 15.3 Å². The molecule has 2 atom stereocenters. The number of likely N-dealkylation sites (tertiary alicyclic amines) is 1. The zero-order chi connectivity index (χ0) is 21.6. The predicted octanol–water partition coefficient (Wildman–Crippen LogP) is 4.57. The molecule has 0 spiro atoms. The number of carbonyl (C=O) groups is 2. The van der Waals surface area contributed by atoms with Gasteiger partial charge in [0, 0.05) is 34.1 Å². The molecule has 5 nitrogen and oxygen atoms in total. The first-order valence-electron chi connectivity index (χ1n) is 10.5. The largest absolute Gasteiger partial charge is 0.375 e. The summed E-state index contributed by atoms with van der Waals surface area (Å²) in [4.78, 5) is 27.5. The molecule has 160 valence electrons. The van der Waals surface area contributed by atoms with Crippen molar-refractivity contribution in [1.82, 2.24) is 4.90 Å². The Morgan fingerprint density at radius 2 is 2.13 bits per heavy atom. The zero-order valence-corrected chi connectivity index (χ0v) is 18.5. The summed E-state index contributed by atoms with van der Waals surface area (Å²) in [6.45, 7) is 1.16. The molecular formula is C24H23ClN2O3S. The first-order valence-corrected chi connectivity index (χ1v) is 11.8. The van der Waals surface area contributed by atoms with Crippen LogP contribution in [-0.4, -0.2) is 34.9 Å². The van der Waals surface area contributed by atoms with Crippen molar-refractivity contribution in [1.29, 1.82) is 0 Å². The van der Waals surface area contributed by atoms with Gasteiger partial charge in [-0.2, -0.15) is 0 Å². The standard InChI is InChI=1S/C24H23ClN2O3S/c25-17-7-8-20-19(11-17)24(30,12-22(28)26-20)23(29)27-9-3-4-15(13-27)10-16-14-31-21-6-2-1-5-18(16)21/h1-2,5-8,11,14-15,30H,3-4,9-10,12-13H2,(H,26,28). The number of nitrogens with one attached hydrogen (secondary N) is 1. The third-order valence-electron chi connectivity index (χ3n) is 6.35. The lowest BCUT2D eigenvalue weighted by Crippen LogP contribution is -2.53. The molecular weight excluding hydrogens is 432 g/mol. The number of amides is 2. The van der Waals surface area contributed by atoms with Crippen molar-refractivity contribution in [3.05, 3.63) is 64.0 Å². The van der Waals surface area contributed by atoms with E-state index in [-0.39, 0.29) is 12.3 Å². The summed E-state index contributed by atoms with van der Waals surface area (Å²) in [5.41, 5.74) is 0.234. The highest BCUT2D eigenvalue weighted by Crippen LogP contribution is 2.40. The Bertz CT molecular complexity index is 1180. The van der Waals surface area contributed by atoms with Gasteiger partial charge in [0.2, 0.25) is 5.91 Å². The van der Waals surface area contributed by atoms with Crippen molar-refractivity contribution in [2.45, 2.75) is 31.3 Å². The topological polar surface area (TPSA) is 69.6 Å². The van der Waals surface area contributed by atoms with Crippen LogP contribution in [0.2, 0.25) is 5.02 Å². The van der Waals surface area contributed by atoms with Crippen molar-refractivity contribution < 1.29 is 14.7 Å². The van der Waals surface area contributed by atoms with Crippen LogP contribution < -0.4 is 5.32 Å². The molecule has 2 aliphatic rings. The molecule has 0 saturated carbocycles. The van der Waals surface area contributed by atoms with Gasteiger partial charge in [0.05, 0.1) is 6.42 Å². The molecule has 2 unspecified atom stereocenters. The second-order valence-electron chi connectivity index (χ2n) is 8.50. The molecule has 2 N–H and O–H groups in total. The minimum Gasteiger partial charge on any atom is -0.375 e. The fourth-order valence-corrected chi connectivity index (χ4v) is 6.01. The summed E-state index contributed by atoms with van der Waals surface area (Å²) in [6, 6.07) is 13.2. The van der Waals surface area contributed by atoms with Crippen molar-refractivity contribution >= 4 is 50.5 Å². The lowest BCUT2D eigenvalue weighted by atomic mass is 9.83. The van der Waals surface area contributed by atoms with Crippen LogP contribution in [0.3, 0.4) is 0 Å². The first kappa shape index (κ1) is 20.5. The molecule has 2 amide bonds. The van der Waals surface area contributed by atoms with Gasteiger partial charge in [0.25, 0.3) is 5.91 Å². The summed E-state index contributed by atoms with van der Waals surface area (Å²) in [6.07, 6.45) is 2.52. The Hall–Kier alpha value is -2.41. The Kier molecular flexibility index (Phi) is 5.24. The van der Waals surface area contributed by atoms with Crippen LogP contribution in [0.4, 0.5) is 5.69 Å². The number of aliphatic hydroxyl groups is 1. The molecule has 1 saturated heterocycles. The van der Waals surface area contributed by atoms with Crippen LogP contribution in [0.1, 0.15) is 30.4 Å². The summed E-state index contributed by atoms with van der Waals surface area (Å²) < 4.78 is 1.28. The molecule has 2 aromatic carbocycles. The van der Waals surface area contributed by atoms with Crippen molar-refractivity contribution in [3.8, 4) is 0 Å². The van der Waals surface area contributed by atoms with Crippen LogP contribution in [0.5, 0.6) is 0 Å². The average molecular weight is 455 g/mol. The van der Waals surface area contributed by atoms with E-state index >= 15 is 0 Å². The number of fused-ring (bicyclic) bond motifs is 2. The van der Waals surface area contributed by atoms with E-state index in [4.69, 9.17) is 11.6 Å². The molecule has 3 heterocycles. The van der Waals surface area contributed by atoms with Gasteiger partial charge in [-0.25, -0.2) is 0 Å². The molecule has 2 aliphatic heterocycles. The Morgan fingerprint density at radius 3 is 3.00 bits per heavy atom. The Labute approximate surface area is 189 Å². The van der Waals surface area contributed by atoms with Gasteiger partial charge in [0.15, 0.2) is 5.60 Å². The van der Waals surface area contributed by atoms with Gasteiger partial charge >= 0.3 is 0 Å². The second kappa shape index (κ2) is 7.93.